The molecule has 0 N–H and O–H groups in total. The molecule has 0 aliphatic carbocycles. The molecule has 0 bridgehead atoms. The van der Waals surface area contributed by atoms with E-state index in [0.29, 0.717) is 28.6 Å². The fourth-order valence-corrected chi connectivity index (χ4v) is 4.41. The third-order valence-electron chi connectivity index (χ3n) is 5.13. The minimum Gasteiger partial charge on any atom is -0.493 e. The molecule has 0 aromatic heterocycles. The van der Waals surface area contributed by atoms with Crippen molar-refractivity contribution in [3.05, 3.63) is 83.4 Å². The number of benzene rings is 3. The second-order valence-electron chi connectivity index (χ2n) is 6.84. The zero-order valence-electron chi connectivity index (χ0n) is 17.9. The lowest BCUT2D eigenvalue weighted by Crippen LogP contribution is -2.24. The lowest BCUT2D eigenvalue weighted by Gasteiger charge is -2.25. The molecule has 0 unspecified atom stereocenters. The molecule has 3 rings (SSSR count). The van der Waals surface area contributed by atoms with E-state index in [4.69, 9.17) is 18.9 Å². The fourth-order valence-electron chi connectivity index (χ4n) is 3.54. The van der Waals surface area contributed by atoms with E-state index < -0.39 is 4.83 Å². The molecule has 31 heavy (non-hydrogen) atoms. The second-order valence-corrected chi connectivity index (χ2v) is 7.83. The molecular weight excluding hydrogens is 460 g/mol. The first kappa shape index (κ1) is 22.7. The fraction of sp³-hybridized carbons (Fsp3) is 0.240. The summed E-state index contributed by atoms with van der Waals surface area (Å²) in [7, 11) is 6.37. The molecule has 0 aliphatic heterocycles. The zero-order chi connectivity index (χ0) is 22.4. The summed E-state index contributed by atoms with van der Waals surface area (Å²) < 4.78 is 21.8. The van der Waals surface area contributed by atoms with Gasteiger partial charge in [0.2, 0.25) is 0 Å². The summed E-state index contributed by atoms with van der Waals surface area (Å²) in [5.74, 6) is 2.10. The van der Waals surface area contributed by atoms with Gasteiger partial charge in [-0.2, -0.15) is 0 Å². The van der Waals surface area contributed by atoms with Crippen molar-refractivity contribution >= 4 is 21.7 Å². The van der Waals surface area contributed by atoms with Gasteiger partial charge in [-0.15, -0.1) is 0 Å². The average Bonchev–Trinajstić information content (AvgIpc) is 2.83. The van der Waals surface area contributed by atoms with Crippen LogP contribution in [0.1, 0.15) is 27.4 Å². The Hall–Kier alpha value is -2.99. The Morgan fingerprint density at radius 3 is 1.55 bits per heavy atom. The SMILES string of the molecule is COc1ccc(C(c2ccc(OC)c(OC)c2)[C@H](Br)C(=O)c2ccccc2)cc1OC. The van der Waals surface area contributed by atoms with Crippen LogP contribution < -0.4 is 18.9 Å². The maximum Gasteiger partial charge on any atom is 0.177 e. The highest BCUT2D eigenvalue weighted by Gasteiger charge is 2.31. The third kappa shape index (κ3) is 4.85. The van der Waals surface area contributed by atoms with Crippen molar-refractivity contribution in [3.63, 3.8) is 0 Å². The number of ketones is 1. The highest BCUT2D eigenvalue weighted by atomic mass is 79.9. The van der Waals surface area contributed by atoms with Crippen molar-refractivity contribution in [1.82, 2.24) is 0 Å². The van der Waals surface area contributed by atoms with Gasteiger partial charge in [0.05, 0.1) is 33.3 Å². The van der Waals surface area contributed by atoms with Gasteiger partial charge in [0.1, 0.15) is 0 Å². The molecule has 162 valence electrons. The molecule has 3 aromatic carbocycles. The molecule has 0 saturated carbocycles. The van der Waals surface area contributed by atoms with Crippen LogP contribution in [0, 0.1) is 0 Å². The Morgan fingerprint density at radius 1 is 0.677 bits per heavy atom. The molecular formula is C25H25BrO5. The summed E-state index contributed by atoms with van der Waals surface area (Å²) >= 11 is 3.69. The average molecular weight is 485 g/mol. The maximum atomic E-state index is 13.3. The van der Waals surface area contributed by atoms with Gasteiger partial charge in [0.25, 0.3) is 0 Å². The Morgan fingerprint density at radius 2 is 1.13 bits per heavy atom. The number of ether oxygens (including phenoxy) is 4. The van der Waals surface area contributed by atoms with E-state index in [9.17, 15) is 4.79 Å². The second kappa shape index (κ2) is 10.4. The van der Waals surface area contributed by atoms with Gasteiger partial charge in [-0.1, -0.05) is 58.4 Å². The highest BCUT2D eigenvalue weighted by Crippen LogP contribution is 2.41. The normalized spacial score (nSPS) is 11.7. The zero-order valence-corrected chi connectivity index (χ0v) is 19.5. The smallest absolute Gasteiger partial charge is 0.177 e. The van der Waals surface area contributed by atoms with Gasteiger partial charge in [-0.3, -0.25) is 4.79 Å². The summed E-state index contributed by atoms with van der Waals surface area (Å²) in [6.07, 6.45) is 0. The minimum absolute atomic E-state index is 0.0184. The Labute approximate surface area is 191 Å². The topological polar surface area (TPSA) is 54.0 Å². The van der Waals surface area contributed by atoms with Gasteiger partial charge >= 0.3 is 0 Å². The predicted molar refractivity (Wildman–Crippen MR) is 124 cm³/mol. The lowest BCUT2D eigenvalue weighted by atomic mass is 9.85. The van der Waals surface area contributed by atoms with Crippen molar-refractivity contribution in [2.75, 3.05) is 28.4 Å². The molecule has 0 heterocycles. The first-order chi connectivity index (χ1) is 15.0. The van der Waals surface area contributed by atoms with Gasteiger partial charge in [0.15, 0.2) is 28.8 Å². The number of carbonyl (C=O) groups excluding carboxylic acids is 1. The largest absolute Gasteiger partial charge is 0.493 e. The Bertz CT molecular complexity index is 980. The van der Waals surface area contributed by atoms with Gasteiger partial charge in [-0.05, 0) is 35.4 Å². The number of carbonyl (C=O) groups is 1. The number of alkyl halides is 1. The Balaban J connectivity index is 2.13. The first-order valence-electron chi connectivity index (χ1n) is 9.71. The lowest BCUT2D eigenvalue weighted by molar-refractivity contribution is 0.0986. The van der Waals surface area contributed by atoms with E-state index in [1.165, 1.54) is 0 Å². The Kier molecular flexibility index (Phi) is 7.58. The molecule has 1 atom stereocenters. The molecule has 6 heteroatoms. The molecule has 0 saturated heterocycles. The van der Waals surface area contributed by atoms with Crippen LogP contribution in [0.5, 0.6) is 23.0 Å². The van der Waals surface area contributed by atoms with E-state index >= 15 is 0 Å². The number of hydrogen-bond acceptors (Lipinski definition) is 5. The van der Waals surface area contributed by atoms with Crippen LogP contribution in [-0.4, -0.2) is 39.0 Å². The summed E-state index contributed by atoms with van der Waals surface area (Å²) in [6.45, 7) is 0. The van der Waals surface area contributed by atoms with Crippen LogP contribution in [0.3, 0.4) is 0 Å². The van der Waals surface area contributed by atoms with Crippen LogP contribution in [0.15, 0.2) is 66.7 Å². The summed E-state index contributed by atoms with van der Waals surface area (Å²) in [4.78, 5) is 12.8. The summed E-state index contributed by atoms with van der Waals surface area (Å²) in [5, 5.41) is 0. The van der Waals surface area contributed by atoms with Crippen molar-refractivity contribution in [1.29, 1.82) is 0 Å². The van der Waals surface area contributed by atoms with E-state index in [-0.39, 0.29) is 11.7 Å². The first-order valence-corrected chi connectivity index (χ1v) is 10.6. The standard InChI is InChI=1S/C25H25BrO5/c1-28-19-12-10-17(14-21(19)30-3)23(18-11-13-20(29-2)22(15-18)31-4)24(26)25(27)16-8-6-5-7-9-16/h5-15,23-24H,1-4H3/t24-/m0/s1. The molecule has 0 radical (unpaired) electrons. The highest BCUT2D eigenvalue weighted by molar-refractivity contribution is 9.10. The molecule has 0 aliphatic rings. The predicted octanol–water partition coefficient (Wildman–Crippen LogP) is 5.50. The molecule has 0 amide bonds. The monoisotopic (exact) mass is 484 g/mol. The number of methoxy groups -OCH3 is 4. The molecule has 0 fully saturated rings. The van der Waals surface area contributed by atoms with Crippen LogP contribution >= 0.6 is 15.9 Å². The summed E-state index contributed by atoms with van der Waals surface area (Å²) in [5.41, 5.74) is 2.43. The van der Waals surface area contributed by atoms with Crippen molar-refractivity contribution < 1.29 is 23.7 Å². The van der Waals surface area contributed by atoms with Crippen molar-refractivity contribution in [2.24, 2.45) is 0 Å². The van der Waals surface area contributed by atoms with Crippen molar-refractivity contribution in [2.45, 2.75) is 10.7 Å². The summed E-state index contributed by atoms with van der Waals surface area (Å²) in [6, 6.07) is 20.6. The number of rotatable bonds is 9. The van der Waals surface area contributed by atoms with Crippen LogP contribution in [0.2, 0.25) is 0 Å². The van der Waals surface area contributed by atoms with Gasteiger partial charge < -0.3 is 18.9 Å². The molecule has 5 nitrogen and oxygen atoms in total. The number of halogens is 1. The molecule has 0 spiro atoms. The van der Waals surface area contributed by atoms with Crippen LogP contribution in [-0.2, 0) is 0 Å². The van der Waals surface area contributed by atoms with Crippen molar-refractivity contribution in [3.8, 4) is 23.0 Å². The third-order valence-corrected chi connectivity index (χ3v) is 6.08. The van der Waals surface area contributed by atoms with E-state index in [0.717, 1.165) is 11.1 Å². The maximum absolute atomic E-state index is 13.3. The van der Waals surface area contributed by atoms with E-state index in [1.54, 1.807) is 28.4 Å². The number of Topliss-reactive ketones (excluding diaryl/α,β-unsaturated/α-hetero) is 1. The minimum atomic E-state index is -0.522. The van der Waals surface area contributed by atoms with Crippen LogP contribution in [0.25, 0.3) is 0 Å². The quantitative estimate of drug-likeness (QED) is 0.296. The molecule has 3 aromatic rings. The number of hydrogen-bond donors (Lipinski definition) is 0. The van der Waals surface area contributed by atoms with Crippen LogP contribution in [0.4, 0.5) is 0 Å². The van der Waals surface area contributed by atoms with Gasteiger partial charge in [-0.25, -0.2) is 0 Å². The van der Waals surface area contributed by atoms with E-state index in [2.05, 4.69) is 15.9 Å². The van der Waals surface area contributed by atoms with E-state index in [1.807, 2.05) is 66.7 Å². The van der Waals surface area contributed by atoms with Gasteiger partial charge in [0, 0.05) is 11.5 Å².